The number of rotatable bonds is 3. The molecule has 6 rings (SSSR count). The van der Waals surface area contributed by atoms with Crippen LogP contribution in [0.3, 0.4) is 0 Å². The van der Waals surface area contributed by atoms with Gasteiger partial charge < -0.3 is 0 Å². The summed E-state index contributed by atoms with van der Waals surface area (Å²) in [5, 5.41) is 5.33. The molecule has 0 N–H and O–H groups in total. The van der Waals surface area contributed by atoms with E-state index in [4.69, 9.17) is 0 Å². The van der Waals surface area contributed by atoms with Crippen molar-refractivity contribution in [2.45, 2.75) is 9.79 Å². The van der Waals surface area contributed by atoms with Gasteiger partial charge in [0.15, 0.2) is 0 Å². The Kier molecular flexibility index (Phi) is 4.57. The Labute approximate surface area is 192 Å². The predicted octanol–water partition coefficient (Wildman–Crippen LogP) is 5.76. The summed E-state index contributed by atoms with van der Waals surface area (Å²) in [6, 6.07) is 29.5. The molecule has 0 amide bonds. The van der Waals surface area contributed by atoms with Gasteiger partial charge in [-0.05, 0) is 0 Å². The van der Waals surface area contributed by atoms with E-state index in [0.717, 1.165) is 5.56 Å². The van der Waals surface area contributed by atoms with Crippen molar-refractivity contribution in [1.29, 1.82) is 0 Å². The molecular formula is C26H16O2SSe2. The van der Waals surface area contributed by atoms with Gasteiger partial charge in [0.25, 0.3) is 0 Å². The normalized spacial score (nSPS) is 12.1. The summed E-state index contributed by atoms with van der Waals surface area (Å²) < 4.78 is 30.3. The zero-order valence-corrected chi connectivity index (χ0v) is 20.5. The first-order chi connectivity index (χ1) is 15.1. The van der Waals surface area contributed by atoms with Crippen molar-refractivity contribution in [2.24, 2.45) is 0 Å². The van der Waals surface area contributed by atoms with Crippen LogP contribution in [0, 0.1) is 0 Å². The number of fused-ring (bicyclic) bond motifs is 5. The maximum atomic E-state index is 13.1. The topological polar surface area (TPSA) is 34.1 Å². The van der Waals surface area contributed by atoms with Gasteiger partial charge in [0.05, 0.1) is 0 Å². The molecule has 0 unspecified atom stereocenters. The fourth-order valence-electron chi connectivity index (χ4n) is 4.03. The molecule has 2 nitrogen and oxygen atoms in total. The molecule has 4 aromatic carbocycles. The molecule has 0 saturated heterocycles. The second-order valence-electron chi connectivity index (χ2n) is 7.44. The van der Waals surface area contributed by atoms with Gasteiger partial charge in [-0.1, -0.05) is 0 Å². The van der Waals surface area contributed by atoms with E-state index in [1.54, 1.807) is 30.3 Å². The van der Waals surface area contributed by atoms with Crippen molar-refractivity contribution in [3.05, 3.63) is 95.9 Å². The van der Waals surface area contributed by atoms with Crippen LogP contribution < -0.4 is 0 Å². The van der Waals surface area contributed by atoms with Crippen LogP contribution in [0.15, 0.2) is 106 Å². The first-order valence-electron chi connectivity index (χ1n) is 9.84. The average Bonchev–Trinajstić information content (AvgIpc) is 3.47. The Morgan fingerprint density at radius 1 is 0.613 bits per heavy atom. The zero-order valence-electron chi connectivity index (χ0n) is 16.3. The minimum absolute atomic E-state index is 0.136. The van der Waals surface area contributed by atoms with E-state index in [1.165, 1.54) is 34.5 Å². The molecule has 0 saturated carbocycles. The molecule has 2 aromatic heterocycles. The quantitative estimate of drug-likeness (QED) is 0.263. The van der Waals surface area contributed by atoms with Gasteiger partial charge in [-0.15, -0.1) is 0 Å². The van der Waals surface area contributed by atoms with Gasteiger partial charge in [0, 0.05) is 0 Å². The molecule has 0 spiro atoms. The van der Waals surface area contributed by atoms with Crippen molar-refractivity contribution in [1.82, 2.24) is 0 Å². The van der Waals surface area contributed by atoms with Gasteiger partial charge in [0.1, 0.15) is 0 Å². The molecule has 2 heterocycles. The molecule has 0 atom stereocenters. The number of sulfone groups is 1. The van der Waals surface area contributed by atoms with Gasteiger partial charge in [-0.25, -0.2) is 0 Å². The maximum absolute atomic E-state index is 13.1. The first-order valence-corrected chi connectivity index (χ1v) is 14.9. The SMILES string of the molecule is O=S(=O)(c1ccccc1)c1cccc(-c2cc3ccc4c(ccc5cc[se]c54)c3[se]2)c1. The van der Waals surface area contributed by atoms with Gasteiger partial charge in [0.2, 0.25) is 0 Å². The molecular weight excluding hydrogens is 534 g/mol. The minimum atomic E-state index is -3.53. The summed E-state index contributed by atoms with van der Waals surface area (Å²) in [4.78, 5) is 2.97. The van der Waals surface area contributed by atoms with Crippen LogP contribution >= 0.6 is 0 Å². The second-order valence-corrected chi connectivity index (χ2v) is 13.5. The Bertz CT molecular complexity index is 1690. The van der Waals surface area contributed by atoms with Crippen molar-refractivity contribution < 1.29 is 8.42 Å². The van der Waals surface area contributed by atoms with E-state index in [-0.39, 0.29) is 14.5 Å². The summed E-state index contributed by atoms with van der Waals surface area (Å²) in [5.41, 5.74) is 0.994. The zero-order chi connectivity index (χ0) is 21.0. The molecule has 0 aliphatic heterocycles. The standard InChI is InChI=1S/C26H16O2SSe2/c27-29(28,20-6-2-1-3-7-20)21-8-4-5-18(15-21)24-16-19-10-12-22-23(26(19)31-24)11-9-17-13-14-30-25(17)22/h1-16H. The summed E-state index contributed by atoms with van der Waals surface area (Å²) in [5.74, 6) is 0. The molecule has 31 heavy (non-hydrogen) atoms. The van der Waals surface area contributed by atoms with Crippen LogP contribution in [0.4, 0.5) is 0 Å². The van der Waals surface area contributed by atoms with E-state index < -0.39 is 9.84 Å². The third-order valence-corrected chi connectivity index (χ3v) is 12.0. The van der Waals surface area contributed by atoms with Crippen molar-refractivity contribution in [2.75, 3.05) is 0 Å². The number of hydrogen-bond donors (Lipinski definition) is 0. The van der Waals surface area contributed by atoms with Crippen LogP contribution in [-0.2, 0) is 9.84 Å². The summed E-state index contributed by atoms with van der Waals surface area (Å²) in [6.45, 7) is 0. The summed E-state index contributed by atoms with van der Waals surface area (Å²) in [7, 11) is -3.53. The van der Waals surface area contributed by atoms with Crippen LogP contribution in [0.25, 0.3) is 40.1 Å². The monoisotopic (exact) mass is 552 g/mol. The Balaban J connectivity index is 1.51. The van der Waals surface area contributed by atoms with Gasteiger partial charge >= 0.3 is 193 Å². The predicted molar refractivity (Wildman–Crippen MR) is 130 cm³/mol. The van der Waals surface area contributed by atoms with Crippen LogP contribution in [0.2, 0.25) is 0 Å². The summed E-state index contributed by atoms with van der Waals surface area (Å²) in [6.07, 6.45) is 0. The Hall–Kier alpha value is -2.39. The van der Waals surface area contributed by atoms with Gasteiger partial charge in [-0.3, -0.25) is 0 Å². The molecule has 0 radical (unpaired) electrons. The van der Waals surface area contributed by atoms with Crippen molar-refractivity contribution in [3.63, 3.8) is 0 Å². The molecule has 0 aliphatic rings. The van der Waals surface area contributed by atoms with E-state index in [0.29, 0.717) is 24.3 Å². The average molecular weight is 550 g/mol. The second kappa shape index (κ2) is 7.34. The Morgan fingerprint density at radius 2 is 1.35 bits per heavy atom. The summed E-state index contributed by atoms with van der Waals surface area (Å²) >= 11 is 0.544. The molecule has 5 heteroatoms. The van der Waals surface area contributed by atoms with Crippen molar-refractivity contribution >= 4 is 68.9 Å². The fourth-order valence-corrected chi connectivity index (χ4v) is 9.78. The van der Waals surface area contributed by atoms with E-state index in [2.05, 4.69) is 41.3 Å². The van der Waals surface area contributed by atoms with Crippen LogP contribution in [-0.4, -0.2) is 37.4 Å². The molecule has 0 fully saturated rings. The van der Waals surface area contributed by atoms with Gasteiger partial charge in [-0.2, -0.15) is 0 Å². The fraction of sp³-hybridized carbons (Fsp3) is 0. The molecule has 0 bridgehead atoms. The Morgan fingerprint density at radius 3 is 2.19 bits per heavy atom. The third kappa shape index (κ3) is 3.17. The molecule has 0 aliphatic carbocycles. The number of hydrogen-bond acceptors (Lipinski definition) is 2. The van der Waals surface area contributed by atoms with Crippen LogP contribution in [0.1, 0.15) is 0 Å². The first kappa shape index (κ1) is 19.3. The van der Waals surface area contributed by atoms with Crippen LogP contribution in [0.5, 0.6) is 0 Å². The molecule has 150 valence electrons. The number of benzene rings is 4. The third-order valence-electron chi connectivity index (χ3n) is 5.58. The van der Waals surface area contributed by atoms with E-state index in [9.17, 15) is 8.42 Å². The van der Waals surface area contributed by atoms with E-state index >= 15 is 0 Å². The van der Waals surface area contributed by atoms with Crippen molar-refractivity contribution in [3.8, 4) is 10.0 Å². The molecule has 6 aromatic rings. The van der Waals surface area contributed by atoms with E-state index in [1.807, 2.05) is 24.3 Å².